The fourth-order valence-electron chi connectivity index (χ4n) is 1.51. The summed E-state index contributed by atoms with van der Waals surface area (Å²) in [5, 5.41) is 10.8. The second-order valence-electron chi connectivity index (χ2n) is 3.87. The van der Waals surface area contributed by atoms with E-state index in [4.69, 9.17) is 5.11 Å². The summed E-state index contributed by atoms with van der Waals surface area (Å²) < 4.78 is 39.6. The van der Waals surface area contributed by atoms with Gasteiger partial charge < -0.3 is 10.4 Å². The first kappa shape index (κ1) is 15.0. The quantitative estimate of drug-likeness (QED) is 0.808. The molecule has 0 aliphatic heterocycles. The topological polar surface area (TPSA) is 66.4 Å². The molecule has 104 valence electrons. The molecule has 1 aromatic carbocycles. The highest BCUT2D eigenvalue weighted by Crippen LogP contribution is 2.16. The normalized spacial score (nSPS) is 12.0. The molecule has 0 bridgehead atoms. The first-order valence-corrected chi connectivity index (χ1v) is 5.55. The van der Waals surface area contributed by atoms with Crippen LogP contribution in [0.4, 0.5) is 13.2 Å². The van der Waals surface area contributed by atoms with Gasteiger partial charge in [0.25, 0.3) is 5.91 Å². The van der Waals surface area contributed by atoms with Crippen LogP contribution in [-0.4, -0.2) is 23.0 Å². The van der Waals surface area contributed by atoms with E-state index >= 15 is 0 Å². The summed E-state index contributed by atoms with van der Waals surface area (Å²) in [5.41, 5.74) is -1.12. The van der Waals surface area contributed by atoms with Gasteiger partial charge in [-0.15, -0.1) is 0 Å². The van der Waals surface area contributed by atoms with E-state index in [0.29, 0.717) is 18.6 Å². The minimum Gasteiger partial charge on any atom is -0.480 e. The number of benzene rings is 1. The van der Waals surface area contributed by atoms with E-state index in [2.05, 4.69) is 0 Å². The molecule has 4 nitrogen and oxygen atoms in total. The van der Waals surface area contributed by atoms with E-state index in [0.717, 1.165) is 0 Å². The van der Waals surface area contributed by atoms with E-state index in [1.54, 1.807) is 6.92 Å². The summed E-state index contributed by atoms with van der Waals surface area (Å²) in [6.07, 6.45) is 0.547. The van der Waals surface area contributed by atoms with Gasteiger partial charge in [0.1, 0.15) is 17.4 Å². The molecular weight excluding hydrogens is 263 g/mol. The van der Waals surface area contributed by atoms with Crippen LogP contribution in [-0.2, 0) is 4.79 Å². The Kier molecular flexibility index (Phi) is 4.91. The number of aliphatic carboxylic acids is 1. The summed E-state index contributed by atoms with van der Waals surface area (Å²) in [4.78, 5) is 22.4. The SMILES string of the molecule is CCCC(NC(=O)c1c(F)ccc(F)c1F)C(=O)O. The van der Waals surface area contributed by atoms with Crippen molar-refractivity contribution in [1.82, 2.24) is 5.32 Å². The zero-order chi connectivity index (χ0) is 14.6. The number of amides is 1. The van der Waals surface area contributed by atoms with Crippen molar-refractivity contribution in [3.8, 4) is 0 Å². The minimum absolute atomic E-state index is 0.0969. The largest absolute Gasteiger partial charge is 0.480 e. The van der Waals surface area contributed by atoms with Crippen molar-refractivity contribution < 1.29 is 27.9 Å². The maximum Gasteiger partial charge on any atom is 0.326 e. The molecule has 0 saturated carbocycles. The van der Waals surface area contributed by atoms with E-state index in [-0.39, 0.29) is 6.42 Å². The van der Waals surface area contributed by atoms with Gasteiger partial charge in [-0.05, 0) is 18.6 Å². The molecule has 1 aromatic rings. The van der Waals surface area contributed by atoms with Gasteiger partial charge in [-0.1, -0.05) is 13.3 Å². The van der Waals surface area contributed by atoms with E-state index in [1.807, 2.05) is 5.32 Å². The van der Waals surface area contributed by atoms with Crippen LogP contribution in [0.25, 0.3) is 0 Å². The van der Waals surface area contributed by atoms with Gasteiger partial charge in [0.2, 0.25) is 0 Å². The molecule has 1 unspecified atom stereocenters. The van der Waals surface area contributed by atoms with Crippen molar-refractivity contribution in [1.29, 1.82) is 0 Å². The Balaban J connectivity index is 3.01. The van der Waals surface area contributed by atoms with Gasteiger partial charge >= 0.3 is 5.97 Å². The van der Waals surface area contributed by atoms with Gasteiger partial charge in [-0.2, -0.15) is 0 Å². The smallest absolute Gasteiger partial charge is 0.326 e. The molecule has 0 aromatic heterocycles. The fraction of sp³-hybridized carbons (Fsp3) is 0.333. The Bertz CT molecular complexity index is 505. The van der Waals surface area contributed by atoms with Gasteiger partial charge in [0.15, 0.2) is 11.6 Å². The summed E-state index contributed by atoms with van der Waals surface area (Å²) in [5.74, 6) is -6.90. The third-order valence-corrected chi connectivity index (χ3v) is 2.45. The summed E-state index contributed by atoms with van der Waals surface area (Å²) in [6, 6.07) is -0.134. The lowest BCUT2D eigenvalue weighted by atomic mass is 10.1. The van der Waals surface area contributed by atoms with Crippen molar-refractivity contribution in [2.75, 3.05) is 0 Å². The van der Waals surface area contributed by atoms with Crippen LogP contribution in [0, 0.1) is 17.5 Å². The van der Waals surface area contributed by atoms with Crippen LogP contribution in [0.15, 0.2) is 12.1 Å². The fourth-order valence-corrected chi connectivity index (χ4v) is 1.51. The maximum absolute atomic E-state index is 13.3. The lowest BCUT2D eigenvalue weighted by molar-refractivity contribution is -0.139. The second-order valence-corrected chi connectivity index (χ2v) is 3.87. The Labute approximate surface area is 107 Å². The molecule has 1 atom stereocenters. The Morgan fingerprint density at radius 3 is 2.37 bits per heavy atom. The van der Waals surface area contributed by atoms with Crippen LogP contribution in [0.3, 0.4) is 0 Å². The number of nitrogens with one attached hydrogen (secondary N) is 1. The molecule has 1 amide bonds. The van der Waals surface area contributed by atoms with Gasteiger partial charge in [0, 0.05) is 0 Å². The predicted molar refractivity (Wildman–Crippen MR) is 60.1 cm³/mol. The zero-order valence-corrected chi connectivity index (χ0v) is 10.0. The molecule has 19 heavy (non-hydrogen) atoms. The number of carboxylic acids is 1. The van der Waals surface area contributed by atoms with Crippen LogP contribution in [0.2, 0.25) is 0 Å². The van der Waals surface area contributed by atoms with Crippen molar-refractivity contribution in [2.24, 2.45) is 0 Å². The van der Waals surface area contributed by atoms with Crippen molar-refractivity contribution >= 4 is 11.9 Å². The standard InChI is InChI=1S/C12H12F3NO3/c1-2-3-8(12(18)19)16-11(17)9-6(13)4-5-7(14)10(9)15/h4-5,8H,2-3H2,1H3,(H,16,17)(H,18,19). The van der Waals surface area contributed by atoms with Gasteiger partial charge in [0.05, 0.1) is 0 Å². The van der Waals surface area contributed by atoms with Crippen molar-refractivity contribution in [2.45, 2.75) is 25.8 Å². The van der Waals surface area contributed by atoms with Crippen LogP contribution >= 0.6 is 0 Å². The number of carbonyl (C=O) groups excluding carboxylic acids is 1. The third-order valence-electron chi connectivity index (χ3n) is 2.45. The molecule has 0 saturated heterocycles. The number of halogens is 3. The second kappa shape index (κ2) is 6.21. The highest BCUT2D eigenvalue weighted by molar-refractivity contribution is 5.97. The first-order chi connectivity index (χ1) is 8.88. The van der Waals surface area contributed by atoms with E-state index in [9.17, 15) is 22.8 Å². The average Bonchev–Trinajstić information content (AvgIpc) is 2.33. The minimum atomic E-state index is -1.64. The summed E-state index contributed by atoms with van der Waals surface area (Å²) >= 11 is 0. The summed E-state index contributed by atoms with van der Waals surface area (Å²) in [6.45, 7) is 1.69. The van der Waals surface area contributed by atoms with Crippen molar-refractivity contribution in [3.05, 3.63) is 35.1 Å². The number of hydrogen-bond acceptors (Lipinski definition) is 2. The number of hydrogen-bond donors (Lipinski definition) is 2. The van der Waals surface area contributed by atoms with Gasteiger partial charge in [-0.3, -0.25) is 4.79 Å². The Hall–Kier alpha value is -2.05. The molecule has 2 N–H and O–H groups in total. The van der Waals surface area contributed by atoms with Gasteiger partial charge in [-0.25, -0.2) is 18.0 Å². The monoisotopic (exact) mass is 275 g/mol. The lowest BCUT2D eigenvalue weighted by Gasteiger charge is -2.14. The Morgan fingerprint density at radius 1 is 1.26 bits per heavy atom. The highest BCUT2D eigenvalue weighted by atomic mass is 19.2. The molecular formula is C12H12F3NO3. The molecule has 7 heteroatoms. The molecule has 1 rings (SSSR count). The average molecular weight is 275 g/mol. The van der Waals surface area contributed by atoms with Crippen LogP contribution in [0.5, 0.6) is 0 Å². The zero-order valence-electron chi connectivity index (χ0n) is 10.0. The molecule has 0 spiro atoms. The van der Waals surface area contributed by atoms with Crippen molar-refractivity contribution in [3.63, 3.8) is 0 Å². The number of rotatable bonds is 5. The number of carboxylic acid groups (broad SMARTS) is 1. The van der Waals surface area contributed by atoms with Crippen LogP contribution < -0.4 is 5.32 Å². The predicted octanol–water partition coefficient (Wildman–Crippen LogP) is 2.09. The lowest BCUT2D eigenvalue weighted by Crippen LogP contribution is -2.41. The maximum atomic E-state index is 13.3. The molecule has 0 fully saturated rings. The first-order valence-electron chi connectivity index (χ1n) is 5.55. The molecule has 0 radical (unpaired) electrons. The van der Waals surface area contributed by atoms with E-state index < -0.39 is 40.9 Å². The molecule has 0 heterocycles. The molecule has 0 aliphatic carbocycles. The third kappa shape index (κ3) is 3.46. The van der Waals surface area contributed by atoms with Crippen LogP contribution in [0.1, 0.15) is 30.1 Å². The Morgan fingerprint density at radius 2 is 1.84 bits per heavy atom. The van der Waals surface area contributed by atoms with E-state index in [1.165, 1.54) is 0 Å². The summed E-state index contributed by atoms with van der Waals surface area (Å²) in [7, 11) is 0. The molecule has 0 aliphatic rings. The highest BCUT2D eigenvalue weighted by Gasteiger charge is 2.25. The number of carbonyl (C=O) groups is 2.